The van der Waals surface area contributed by atoms with E-state index >= 15 is 0 Å². The summed E-state index contributed by atoms with van der Waals surface area (Å²) < 4.78 is 16.0. The van der Waals surface area contributed by atoms with Crippen molar-refractivity contribution in [3.63, 3.8) is 0 Å². The first-order valence-corrected chi connectivity index (χ1v) is 7.97. The Bertz CT molecular complexity index is 891. The minimum absolute atomic E-state index is 0.358. The first kappa shape index (κ1) is 16.8. The van der Waals surface area contributed by atoms with Gasteiger partial charge in [-0.1, -0.05) is 18.2 Å². The van der Waals surface area contributed by atoms with Gasteiger partial charge in [0.2, 0.25) is 0 Å². The van der Waals surface area contributed by atoms with Gasteiger partial charge in [0.05, 0.1) is 19.8 Å². The van der Waals surface area contributed by atoms with Crippen molar-refractivity contribution in [3.05, 3.63) is 70.3 Å². The molecule has 0 saturated carbocycles. The van der Waals surface area contributed by atoms with Gasteiger partial charge in [0.25, 0.3) is 0 Å². The SMILES string of the molecule is COc1ccc(C=C2C=C(c3ccc(C)c(C)c3)OC2=O)cc1OC. The van der Waals surface area contributed by atoms with E-state index in [2.05, 4.69) is 6.92 Å². The van der Waals surface area contributed by atoms with Crippen LogP contribution in [0.15, 0.2) is 48.0 Å². The van der Waals surface area contributed by atoms with Crippen molar-refractivity contribution in [2.24, 2.45) is 0 Å². The van der Waals surface area contributed by atoms with Crippen LogP contribution in [0, 0.1) is 13.8 Å². The lowest BCUT2D eigenvalue weighted by Crippen LogP contribution is -1.97. The van der Waals surface area contributed by atoms with E-state index < -0.39 is 0 Å². The Morgan fingerprint density at radius 2 is 1.68 bits per heavy atom. The lowest BCUT2D eigenvalue weighted by atomic mass is 10.0. The summed E-state index contributed by atoms with van der Waals surface area (Å²) in [7, 11) is 3.17. The highest BCUT2D eigenvalue weighted by Gasteiger charge is 2.22. The zero-order chi connectivity index (χ0) is 18.0. The van der Waals surface area contributed by atoms with Crippen LogP contribution in [-0.4, -0.2) is 20.2 Å². The Balaban J connectivity index is 1.94. The minimum atomic E-state index is -0.358. The average molecular weight is 336 g/mol. The normalized spacial score (nSPS) is 15.1. The number of hydrogen-bond donors (Lipinski definition) is 0. The number of carbonyl (C=O) groups is 1. The van der Waals surface area contributed by atoms with Gasteiger partial charge in [-0.05, 0) is 60.9 Å². The van der Waals surface area contributed by atoms with Crippen molar-refractivity contribution < 1.29 is 19.0 Å². The number of rotatable bonds is 4. The molecule has 0 atom stereocenters. The molecule has 1 heterocycles. The Hall–Kier alpha value is -3.01. The number of cyclic esters (lactones) is 1. The van der Waals surface area contributed by atoms with Gasteiger partial charge in [-0.25, -0.2) is 4.79 Å². The molecule has 25 heavy (non-hydrogen) atoms. The van der Waals surface area contributed by atoms with Crippen LogP contribution in [0.2, 0.25) is 0 Å². The molecule has 4 nitrogen and oxygen atoms in total. The second kappa shape index (κ2) is 6.85. The molecule has 4 heteroatoms. The summed E-state index contributed by atoms with van der Waals surface area (Å²) in [5, 5.41) is 0. The molecule has 0 aromatic heterocycles. The number of aryl methyl sites for hydroxylation is 2. The standard InChI is InChI=1S/C21H20O4/c1-13-5-7-16(9-14(13)2)19-12-17(21(22)25-19)10-15-6-8-18(23-3)20(11-15)24-4/h5-12H,1-4H3. The fraction of sp³-hybridized carbons (Fsp3) is 0.190. The summed E-state index contributed by atoms with van der Waals surface area (Å²) >= 11 is 0. The van der Waals surface area contributed by atoms with Crippen molar-refractivity contribution in [2.45, 2.75) is 13.8 Å². The number of hydrogen-bond acceptors (Lipinski definition) is 4. The van der Waals surface area contributed by atoms with E-state index in [1.807, 2.05) is 37.3 Å². The first-order chi connectivity index (χ1) is 12.0. The van der Waals surface area contributed by atoms with E-state index in [1.54, 1.807) is 32.4 Å². The maximum absolute atomic E-state index is 12.2. The predicted molar refractivity (Wildman–Crippen MR) is 97.5 cm³/mol. The van der Waals surface area contributed by atoms with E-state index in [1.165, 1.54) is 5.56 Å². The Kier molecular flexibility index (Phi) is 4.61. The van der Waals surface area contributed by atoms with E-state index in [-0.39, 0.29) is 5.97 Å². The van der Waals surface area contributed by atoms with Crippen LogP contribution < -0.4 is 9.47 Å². The second-order valence-corrected chi connectivity index (χ2v) is 5.91. The number of methoxy groups -OCH3 is 2. The highest BCUT2D eigenvalue weighted by Crippen LogP contribution is 2.31. The van der Waals surface area contributed by atoms with Crippen molar-refractivity contribution in [1.29, 1.82) is 0 Å². The van der Waals surface area contributed by atoms with Gasteiger partial charge in [-0.2, -0.15) is 0 Å². The molecule has 2 aromatic rings. The molecule has 0 radical (unpaired) electrons. The fourth-order valence-corrected chi connectivity index (χ4v) is 2.65. The lowest BCUT2D eigenvalue weighted by Gasteiger charge is -2.07. The van der Waals surface area contributed by atoms with Gasteiger partial charge in [-0.3, -0.25) is 0 Å². The number of esters is 1. The van der Waals surface area contributed by atoms with Gasteiger partial charge in [-0.15, -0.1) is 0 Å². The van der Waals surface area contributed by atoms with Gasteiger partial charge >= 0.3 is 5.97 Å². The Morgan fingerprint density at radius 3 is 2.36 bits per heavy atom. The summed E-state index contributed by atoms with van der Waals surface area (Å²) in [6, 6.07) is 11.5. The van der Waals surface area contributed by atoms with E-state index in [9.17, 15) is 4.79 Å². The van der Waals surface area contributed by atoms with Crippen molar-refractivity contribution >= 4 is 17.8 Å². The third kappa shape index (κ3) is 3.43. The van der Waals surface area contributed by atoms with Gasteiger partial charge < -0.3 is 14.2 Å². The maximum atomic E-state index is 12.2. The molecule has 1 aliphatic heterocycles. The Labute approximate surface area is 147 Å². The third-order valence-electron chi connectivity index (χ3n) is 4.25. The Morgan fingerprint density at radius 1 is 0.920 bits per heavy atom. The average Bonchev–Trinajstić information content (AvgIpc) is 2.97. The number of ether oxygens (including phenoxy) is 3. The molecule has 0 N–H and O–H groups in total. The van der Waals surface area contributed by atoms with E-state index in [0.29, 0.717) is 22.8 Å². The minimum Gasteiger partial charge on any atom is -0.493 e. The molecule has 0 unspecified atom stereocenters. The van der Waals surface area contributed by atoms with Crippen molar-refractivity contribution in [3.8, 4) is 11.5 Å². The molecule has 0 aliphatic carbocycles. The van der Waals surface area contributed by atoms with Crippen molar-refractivity contribution in [2.75, 3.05) is 14.2 Å². The van der Waals surface area contributed by atoms with E-state index in [0.717, 1.165) is 16.7 Å². The van der Waals surface area contributed by atoms with E-state index in [4.69, 9.17) is 14.2 Å². The maximum Gasteiger partial charge on any atom is 0.343 e. The van der Waals surface area contributed by atoms with Crippen LogP contribution in [0.3, 0.4) is 0 Å². The van der Waals surface area contributed by atoms with Crippen LogP contribution in [0.4, 0.5) is 0 Å². The smallest absolute Gasteiger partial charge is 0.343 e. The largest absolute Gasteiger partial charge is 0.493 e. The van der Waals surface area contributed by atoms with Crippen LogP contribution in [0.25, 0.3) is 11.8 Å². The third-order valence-corrected chi connectivity index (χ3v) is 4.25. The molecule has 0 fully saturated rings. The quantitative estimate of drug-likeness (QED) is 0.617. The van der Waals surface area contributed by atoms with Gasteiger partial charge in [0.15, 0.2) is 11.5 Å². The lowest BCUT2D eigenvalue weighted by molar-refractivity contribution is -0.130. The van der Waals surface area contributed by atoms with Crippen molar-refractivity contribution in [1.82, 2.24) is 0 Å². The molecule has 3 rings (SSSR count). The summed E-state index contributed by atoms with van der Waals surface area (Å²) in [5.74, 6) is 1.47. The number of benzene rings is 2. The summed E-state index contributed by atoms with van der Waals surface area (Å²) in [4.78, 5) is 12.2. The molecule has 2 aromatic carbocycles. The first-order valence-electron chi connectivity index (χ1n) is 7.97. The zero-order valence-corrected chi connectivity index (χ0v) is 14.8. The summed E-state index contributed by atoms with van der Waals surface area (Å²) in [6.07, 6.45) is 3.54. The highest BCUT2D eigenvalue weighted by atomic mass is 16.5. The van der Waals surface area contributed by atoms with Crippen LogP contribution in [0.5, 0.6) is 11.5 Å². The fourth-order valence-electron chi connectivity index (χ4n) is 2.65. The predicted octanol–water partition coefficient (Wildman–Crippen LogP) is 4.30. The molecule has 0 spiro atoms. The molecule has 1 aliphatic rings. The molecule has 0 saturated heterocycles. The van der Waals surface area contributed by atoms with Crippen LogP contribution in [0.1, 0.15) is 22.3 Å². The molecular formula is C21H20O4. The van der Waals surface area contributed by atoms with Gasteiger partial charge in [0, 0.05) is 5.56 Å². The number of carbonyl (C=O) groups excluding carboxylic acids is 1. The molecule has 128 valence electrons. The van der Waals surface area contributed by atoms with Crippen LogP contribution >= 0.6 is 0 Å². The molecule has 0 bridgehead atoms. The topological polar surface area (TPSA) is 44.8 Å². The summed E-state index contributed by atoms with van der Waals surface area (Å²) in [5.41, 5.74) is 4.59. The highest BCUT2D eigenvalue weighted by molar-refractivity contribution is 6.05. The molecular weight excluding hydrogens is 316 g/mol. The van der Waals surface area contributed by atoms with Crippen LogP contribution in [-0.2, 0) is 9.53 Å². The zero-order valence-electron chi connectivity index (χ0n) is 14.8. The molecule has 0 amide bonds. The monoisotopic (exact) mass is 336 g/mol. The summed E-state index contributed by atoms with van der Waals surface area (Å²) in [6.45, 7) is 4.09. The van der Waals surface area contributed by atoms with Gasteiger partial charge in [0.1, 0.15) is 5.76 Å². The second-order valence-electron chi connectivity index (χ2n) is 5.91.